The van der Waals surface area contributed by atoms with Crippen LogP contribution in [0.15, 0.2) is 16.0 Å². The lowest BCUT2D eigenvalue weighted by atomic mass is 9.88. The summed E-state index contributed by atoms with van der Waals surface area (Å²) >= 11 is 1.70. The molecule has 2 heterocycles. The fourth-order valence-corrected chi connectivity index (χ4v) is 3.72. The van der Waals surface area contributed by atoms with Crippen molar-refractivity contribution in [3.63, 3.8) is 0 Å². The highest BCUT2D eigenvalue weighted by Crippen LogP contribution is 2.33. The number of thiophene rings is 1. The Labute approximate surface area is 115 Å². The second-order valence-corrected chi connectivity index (χ2v) is 6.14. The fourth-order valence-electron chi connectivity index (χ4n) is 2.48. The van der Waals surface area contributed by atoms with Crippen LogP contribution >= 0.6 is 11.3 Å². The van der Waals surface area contributed by atoms with Crippen LogP contribution in [0.3, 0.4) is 0 Å². The molecule has 0 saturated carbocycles. The molecule has 0 spiro atoms. The Morgan fingerprint density at radius 1 is 1.58 bits per heavy atom. The number of hydrogen-bond acceptors (Lipinski definition) is 4. The van der Waals surface area contributed by atoms with Gasteiger partial charge in [-0.25, -0.2) is 0 Å². The average Bonchev–Trinajstić information content (AvgIpc) is 2.95. The predicted molar refractivity (Wildman–Crippen MR) is 74.7 cm³/mol. The molecule has 0 fully saturated rings. The monoisotopic (exact) mass is 276 g/mol. The van der Waals surface area contributed by atoms with Crippen molar-refractivity contribution in [1.82, 2.24) is 5.16 Å². The second-order valence-electron chi connectivity index (χ2n) is 5.18. The molecular formula is C14H16N2O2S. The van der Waals surface area contributed by atoms with Crippen LogP contribution in [-0.2, 0) is 12.8 Å². The van der Waals surface area contributed by atoms with E-state index in [2.05, 4.69) is 17.4 Å². The van der Waals surface area contributed by atoms with Gasteiger partial charge in [0.25, 0.3) is 5.91 Å². The first-order chi connectivity index (χ1) is 9.13. The first kappa shape index (κ1) is 12.4. The number of carbonyl (C=O) groups is 1. The number of aromatic nitrogens is 1. The van der Waals surface area contributed by atoms with E-state index in [1.165, 1.54) is 10.4 Å². The largest absolute Gasteiger partial charge is 0.360 e. The van der Waals surface area contributed by atoms with E-state index in [-0.39, 0.29) is 5.91 Å². The van der Waals surface area contributed by atoms with Gasteiger partial charge in [0.1, 0.15) is 5.76 Å². The van der Waals surface area contributed by atoms with Gasteiger partial charge in [-0.3, -0.25) is 4.79 Å². The van der Waals surface area contributed by atoms with Gasteiger partial charge >= 0.3 is 0 Å². The maximum absolute atomic E-state index is 12.3. The van der Waals surface area contributed by atoms with Crippen molar-refractivity contribution in [2.75, 3.05) is 5.32 Å². The molecule has 1 aliphatic carbocycles. The standard InChI is InChI=1S/C14H16N2O2S/c1-8-3-4-10-11(7-19-12(10)5-8)14(17)15-13-6-9(2)18-16-13/h6-8H,3-5H2,1-2H3,(H,15,16,17)/t8-/m0/s1. The van der Waals surface area contributed by atoms with Crippen molar-refractivity contribution in [3.05, 3.63) is 33.2 Å². The zero-order valence-electron chi connectivity index (χ0n) is 11.0. The summed E-state index contributed by atoms with van der Waals surface area (Å²) < 4.78 is 4.95. The molecule has 0 bridgehead atoms. The van der Waals surface area contributed by atoms with Crippen LogP contribution in [0.2, 0.25) is 0 Å². The molecule has 0 aromatic carbocycles. The topological polar surface area (TPSA) is 55.1 Å². The molecule has 1 amide bonds. The van der Waals surface area contributed by atoms with Crippen LogP contribution in [0.4, 0.5) is 5.82 Å². The van der Waals surface area contributed by atoms with Gasteiger partial charge in [-0.2, -0.15) is 0 Å². The van der Waals surface area contributed by atoms with E-state index in [1.54, 1.807) is 24.3 Å². The van der Waals surface area contributed by atoms with Gasteiger partial charge in [-0.05, 0) is 37.7 Å². The van der Waals surface area contributed by atoms with Gasteiger partial charge in [0, 0.05) is 16.3 Å². The highest BCUT2D eigenvalue weighted by atomic mass is 32.1. The Morgan fingerprint density at radius 2 is 2.42 bits per heavy atom. The molecule has 0 aliphatic heterocycles. The SMILES string of the molecule is Cc1cc(NC(=O)c2csc3c2CC[C@H](C)C3)no1. The van der Waals surface area contributed by atoms with Crippen molar-refractivity contribution in [2.24, 2.45) is 5.92 Å². The Hall–Kier alpha value is -1.62. The van der Waals surface area contributed by atoms with Gasteiger partial charge in [-0.1, -0.05) is 12.1 Å². The quantitative estimate of drug-likeness (QED) is 0.914. The normalized spacial score (nSPS) is 18.1. The fraction of sp³-hybridized carbons (Fsp3) is 0.429. The van der Waals surface area contributed by atoms with E-state index in [1.807, 2.05) is 5.38 Å². The number of amides is 1. The summed E-state index contributed by atoms with van der Waals surface area (Å²) in [7, 11) is 0. The zero-order chi connectivity index (χ0) is 13.4. The maximum Gasteiger partial charge on any atom is 0.258 e. The number of aryl methyl sites for hydroxylation is 1. The van der Waals surface area contributed by atoms with Crippen molar-refractivity contribution in [3.8, 4) is 0 Å². The summed E-state index contributed by atoms with van der Waals surface area (Å²) in [4.78, 5) is 13.6. The summed E-state index contributed by atoms with van der Waals surface area (Å²) in [6.07, 6.45) is 3.25. The van der Waals surface area contributed by atoms with E-state index >= 15 is 0 Å². The number of rotatable bonds is 2. The van der Waals surface area contributed by atoms with Gasteiger partial charge in [0.15, 0.2) is 5.82 Å². The van der Waals surface area contributed by atoms with Crippen molar-refractivity contribution < 1.29 is 9.32 Å². The second kappa shape index (κ2) is 4.81. The molecule has 0 saturated heterocycles. The van der Waals surface area contributed by atoms with Gasteiger partial charge < -0.3 is 9.84 Å². The Morgan fingerprint density at radius 3 is 3.16 bits per heavy atom. The van der Waals surface area contributed by atoms with Crippen molar-refractivity contribution in [2.45, 2.75) is 33.1 Å². The van der Waals surface area contributed by atoms with Crippen molar-refractivity contribution >= 4 is 23.1 Å². The minimum absolute atomic E-state index is 0.0830. The van der Waals surface area contributed by atoms with Crippen LogP contribution in [-0.4, -0.2) is 11.1 Å². The third-order valence-electron chi connectivity index (χ3n) is 3.52. The van der Waals surface area contributed by atoms with Crippen LogP contribution in [0, 0.1) is 12.8 Å². The molecule has 1 atom stereocenters. The minimum Gasteiger partial charge on any atom is -0.360 e. The Bertz CT molecular complexity index is 615. The lowest BCUT2D eigenvalue weighted by molar-refractivity contribution is 0.102. The van der Waals surface area contributed by atoms with E-state index in [0.29, 0.717) is 11.6 Å². The molecule has 3 rings (SSSR count). The molecule has 100 valence electrons. The molecule has 2 aromatic rings. The Balaban J connectivity index is 1.81. The molecule has 5 heteroatoms. The summed E-state index contributed by atoms with van der Waals surface area (Å²) in [5.74, 6) is 1.81. The first-order valence-electron chi connectivity index (χ1n) is 6.47. The molecule has 0 unspecified atom stereocenters. The van der Waals surface area contributed by atoms with Crippen LogP contribution in [0.5, 0.6) is 0 Å². The predicted octanol–water partition coefficient (Wildman–Crippen LogP) is 3.42. The lowest BCUT2D eigenvalue weighted by Crippen LogP contribution is -2.16. The molecule has 19 heavy (non-hydrogen) atoms. The number of carbonyl (C=O) groups excluding carboxylic acids is 1. The number of anilines is 1. The summed E-state index contributed by atoms with van der Waals surface area (Å²) in [5, 5.41) is 8.54. The molecule has 1 N–H and O–H groups in total. The molecule has 4 nitrogen and oxygen atoms in total. The molecule has 0 radical (unpaired) electrons. The Kier molecular flexibility index (Phi) is 3.14. The zero-order valence-corrected chi connectivity index (χ0v) is 11.8. The third kappa shape index (κ3) is 2.42. The smallest absolute Gasteiger partial charge is 0.258 e. The van der Waals surface area contributed by atoms with E-state index in [9.17, 15) is 4.79 Å². The van der Waals surface area contributed by atoms with E-state index in [4.69, 9.17) is 4.52 Å². The van der Waals surface area contributed by atoms with Crippen LogP contribution in [0.25, 0.3) is 0 Å². The van der Waals surface area contributed by atoms with Gasteiger partial charge in [-0.15, -0.1) is 11.3 Å². The van der Waals surface area contributed by atoms with Crippen molar-refractivity contribution in [1.29, 1.82) is 0 Å². The number of hydrogen-bond donors (Lipinski definition) is 1. The first-order valence-corrected chi connectivity index (χ1v) is 7.35. The van der Waals surface area contributed by atoms with E-state index < -0.39 is 0 Å². The molecular weight excluding hydrogens is 260 g/mol. The summed E-state index contributed by atoms with van der Waals surface area (Å²) in [5.41, 5.74) is 2.02. The van der Waals surface area contributed by atoms with Gasteiger partial charge in [0.2, 0.25) is 0 Å². The third-order valence-corrected chi connectivity index (χ3v) is 4.57. The molecule has 1 aliphatic rings. The lowest BCUT2D eigenvalue weighted by Gasteiger charge is -2.18. The highest BCUT2D eigenvalue weighted by molar-refractivity contribution is 7.10. The van der Waals surface area contributed by atoms with Gasteiger partial charge in [0.05, 0.1) is 5.56 Å². The number of nitrogens with one attached hydrogen (secondary N) is 1. The van der Waals surface area contributed by atoms with Crippen LogP contribution < -0.4 is 5.32 Å². The van der Waals surface area contributed by atoms with E-state index in [0.717, 1.165) is 30.7 Å². The highest BCUT2D eigenvalue weighted by Gasteiger charge is 2.23. The summed E-state index contributed by atoms with van der Waals surface area (Å²) in [6.45, 7) is 4.07. The minimum atomic E-state index is -0.0830. The molecule has 2 aromatic heterocycles. The number of fused-ring (bicyclic) bond motifs is 1. The number of nitrogens with zero attached hydrogens (tertiary/aromatic N) is 1. The van der Waals surface area contributed by atoms with Crippen LogP contribution in [0.1, 0.15) is 39.9 Å². The summed E-state index contributed by atoms with van der Waals surface area (Å²) in [6, 6.07) is 1.72. The maximum atomic E-state index is 12.3. The average molecular weight is 276 g/mol.